The molecule has 0 aliphatic carbocycles. The van der Waals surface area contributed by atoms with E-state index in [9.17, 15) is 13.2 Å². The van der Waals surface area contributed by atoms with Crippen LogP contribution in [0.4, 0.5) is 5.82 Å². The molecule has 0 radical (unpaired) electrons. The van der Waals surface area contributed by atoms with Crippen molar-refractivity contribution in [2.75, 3.05) is 44.2 Å². The van der Waals surface area contributed by atoms with Gasteiger partial charge in [0.05, 0.1) is 15.8 Å². The zero-order chi connectivity index (χ0) is 22.8. The molecule has 0 unspecified atom stereocenters. The fraction of sp³-hybridized carbons (Fsp3) is 0.364. The molecule has 0 bridgehead atoms. The van der Waals surface area contributed by atoms with Gasteiger partial charge in [-0.3, -0.25) is 9.88 Å². The third kappa shape index (κ3) is 4.65. The number of oxazole rings is 1. The molecule has 1 aliphatic rings. The summed E-state index contributed by atoms with van der Waals surface area (Å²) in [6, 6.07) is 12.2. The summed E-state index contributed by atoms with van der Waals surface area (Å²) in [4.78, 5) is 18.5. The second kappa shape index (κ2) is 9.00. The fourth-order valence-corrected chi connectivity index (χ4v) is 5.22. The number of nitrogens with zero attached hydrogens (tertiary/aromatic N) is 3. The maximum Gasteiger partial charge on any atom is 0.417 e. The fourth-order valence-electron chi connectivity index (χ4n) is 4.13. The number of H-pyrrole nitrogens is 1. The lowest BCUT2D eigenvalue weighted by Gasteiger charge is -2.34. The Balaban J connectivity index is 1.06. The van der Waals surface area contributed by atoms with Gasteiger partial charge in [0.1, 0.15) is 0 Å². The number of fused-ring (bicyclic) bond motifs is 2. The van der Waals surface area contributed by atoms with Gasteiger partial charge in [-0.05, 0) is 43.7 Å². The molecule has 174 valence electrons. The SMILES string of the molecule is O=c1[nH]c2ccc(S(=O)(=O)NCCCCN3CCN(c4noc5ccccc45)CC3)cc2o1. The number of sulfonamides is 1. The molecular formula is C22H25N5O5S. The van der Waals surface area contributed by atoms with E-state index in [4.69, 9.17) is 8.94 Å². The third-order valence-corrected chi connectivity index (χ3v) is 7.38. The van der Waals surface area contributed by atoms with Crippen molar-refractivity contribution in [3.63, 3.8) is 0 Å². The van der Waals surface area contributed by atoms with E-state index in [-0.39, 0.29) is 10.5 Å². The quantitative estimate of drug-likeness (QED) is 0.375. The number of hydrogen-bond donors (Lipinski definition) is 2. The Morgan fingerprint density at radius 3 is 2.70 bits per heavy atom. The lowest BCUT2D eigenvalue weighted by Crippen LogP contribution is -2.46. The van der Waals surface area contributed by atoms with E-state index in [0.29, 0.717) is 12.1 Å². The lowest BCUT2D eigenvalue weighted by molar-refractivity contribution is 0.252. The molecule has 1 saturated heterocycles. The van der Waals surface area contributed by atoms with Gasteiger partial charge in [-0.1, -0.05) is 17.3 Å². The highest BCUT2D eigenvalue weighted by atomic mass is 32.2. The first-order valence-electron chi connectivity index (χ1n) is 10.9. The molecule has 1 aliphatic heterocycles. The van der Waals surface area contributed by atoms with Crippen LogP contribution in [0, 0.1) is 0 Å². The Morgan fingerprint density at radius 1 is 1.03 bits per heavy atom. The zero-order valence-corrected chi connectivity index (χ0v) is 18.8. The molecule has 1 fully saturated rings. The van der Waals surface area contributed by atoms with Gasteiger partial charge in [0.2, 0.25) is 10.0 Å². The van der Waals surface area contributed by atoms with Crippen LogP contribution in [0.25, 0.3) is 22.1 Å². The number of nitrogens with one attached hydrogen (secondary N) is 2. The number of para-hydroxylation sites is 1. The monoisotopic (exact) mass is 471 g/mol. The van der Waals surface area contributed by atoms with Gasteiger partial charge in [0.15, 0.2) is 17.0 Å². The predicted octanol–water partition coefficient (Wildman–Crippen LogP) is 2.14. The van der Waals surface area contributed by atoms with E-state index in [0.717, 1.165) is 62.4 Å². The number of benzene rings is 2. The highest BCUT2D eigenvalue weighted by molar-refractivity contribution is 7.89. The van der Waals surface area contributed by atoms with Crippen molar-refractivity contribution in [2.45, 2.75) is 17.7 Å². The minimum Gasteiger partial charge on any atom is -0.408 e. The number of hydrogen-bond acceptors (Lipinski definition) is 8. The molecule has 0 spiro atoms. The van der Waals surface area contributed by atoms with E-state index >= 15 is 0 Å². The minimum atomic E-state index is -3.66. The number of rotatable bonds is 8. The van der Waals surface area contributed by atoms with Crippen LogP contribution in [-0.2, 0) is 10.0 Å². The first-order chi connectivity index (χ1) is 16.0. The number of anilines is 1. The summed E-state index contributed by atoms with van der Waals surface area (Å²) >= 11 is 0. The molecule has 2 aromatic carbocycles. The summed E-state index contributed by atoms with van der Waals surface area (Å²) in [5.41, 5.74) is 1.49. The molecule has 2 N–H and O–H groups in total. The smallest absolute Gasteiger partial charge is 0.408 e. The minimum absolute atomic E-state index is 0.0780. The van der Waals surface area contributed by atoms with Crippen molar-refractivity contribution in [1.29, 1.82) is 0 Å². The van der Waals surface area contributed by atoms with Crippen LogP contribution in [-0.4, -0.2) is 62.7 Å². The molecule has 3 heterocycles. The Hall–Kier alpha value is -3.15. The van der Waals surface area contributed by atoms with Gasteiger partial charge < -0.3 is 13.8 Å². The van der Waals surface area contributed by atoms with Gasteiger partial charge >= 0.3 is 5.76 Å². The van der Waals surface area contributed by atoms with Crippen LogP contribution >= 0.6 is 0 Å². The van der Waals surface area contributed by atoms with Crippen molar-refractivity contribution in [1.82, 2.24) is 19.8 Å². The van der Waals surface area contributed by atoms with Gasteiger partial charge in [-0.15, -0.1) is 0 Å². The highest BCUT2D eigenvalue weighted by Gasteiger charge is 2.21. The van der Waals surface area contributed by atoms with Crippen LogP contribution in [0.2, 0.25) is 0 Å². The van der Waals surface area contributed by atoms with Crippen LogP contribution in [0.5, 0.6) is 0 Å². The lowest BCUT2D eigenvalue weighted by atomic mass is 10.2. The third-order valence-electron chi connectivity index (χ3n) is 5.93. The normalized spacial score (nSPS) is 15.6. The summed E-state index contributed by atoms with van der Waals surface area (Å²) in [6.07, 6.45) is 1.62. The zero-order valence-electron chi connectivity index (χ0n) is 18.0. The van der Waals surface area contributed by atoms with E-state index < -0.39 is 15.8 Å². The molecule has 0 amide bonds. The second-order valence-corrected chi connectivity index (χ2v) is 9.88. The van der Waals surface area contributed by atoms with Crippen molar-refractivity contribution in [3.05, 3.63) is 53.0 Å². The number of aromatic amines is 1. The number of aromatic nitrogens is 2. The van der Waals surface area contributed by atoms with Crippen LogP contribution in [0.1, 0.15) is 12.8 Å². The van der Waals surface area contributed by atoms with E-state index in [2.05, 4.69) is 24.7 Å². The Labute approximate surface area is 190 Å². The molecular weight excluding hydrogens is 446 g/mol. The summed E-state index contributed by atoms with van der Waals surface area (Å²) in [7, 11) is -3.66. The van der Waals surface area contributed by atoms with Crippen molar-refractivity contribution in [2.24, 2.45) is 0 Å². The van der Waals surface area contributed by atoms with Gasteiger partial charge in [-0.2, -0.15) is 0 Å². The molecule has 4 aromatic rings. The number of unbranched alkanes of at least 4 members (excludes halogenated alkanes) is 1. The number of piperazine rings is 1. The molecule has 0 saturated carbocycles. The summed E-state index contributed by atoms with van der Waals surface area (Å²) in [5, 5.41) is 5.28. The van der Waals surface area contributed by atoms with Gasteiger partial charge in [0.25, 0.3) is 0 Å². The second-order valence-electron chi connectivity index (χ2n) is 8.11. The largest absolute Gasteiger partial charge is 0.417 e. The molecule has 5 rings (SSSR count). The van der Waals surface area contributed by atoms with Crippen molar-refractivity contribution in [3.8, 4) is 0 Å². The summed E-state index contributed by atoms with van der Waals surface area (Å²) in [6.45, 7) is 4.86. The molecule has 2 aromatic heterocycles. The molecule has 11 heteroatoms. The van der Waals surface area contributed by atoms with E-state index in [1.807, 2.05) is 24.3 Å². The van der Waals surface area contributed by atoms with Crippen molar-refractivity contribution >= 4 is 37.9 Å². The van der Waals surface area contributed by atoms with Crippen LogP contribution in [0.15, 0.2) is 61.1 Å². The highest BCUT2D eigenvalue weighted by Crippen LogP contribution is 2.26. The maximum atomic E-state index is 12.5. The average molecular weight is 472 g/mol. The predicted molar refractivity (Wildman–Crippen MR) is 124 cm³/mol. The van der Waals surface area contributed by atoms with Gasteiger partial charge in [0, 0.05) is 38.8 Å². The van der Waals surface area contributed by atoms with Crippen LogP contribution in [0.3, 0.4) is 0 Å². The maximum absolute atomic E-state index is 12.5. The Kier molecular flexibility index (Phi) is 5.92. The van der Waals surface area contributed by atoms with Crippen LogP contribution < -0.4 is 15.4 Å². The van der Waals surface area contributed by atoms with E-state index in [1.165, 1.54) is 18.2 Å². The van der Waals surface area contributed by atoms with E-state index in [1.54, 1.807) is 0 Å². The summed E-state index contributed by atoms with van der Waals surface area (Å²) < 4.78 is 38.0. The first-order valence-corrected chi connectivity index (χ1v) is 12.4. The molecule has 10 nitrogen and oxygen atoms in total. The average Bonchev–Trinajstić information content (AvgIpc) is 3.41. The van der Waals surface area contributed by atoms with Crippen molar-refractivity contribution < 1.29 is 17.4 Å². The summed E-state index contributed by atoms with van der Waals surface area (Å²) in [5.74, 6) is 0.291. The first kappa shape index (κ1) is 21.7. The Morgan fingerprint density at radius 2 is 1.85 bits per heavy atom. The van der Waals surface area contributed by atoms with Gasteiger partial charge in [-0.25, -0.2) is 17.9 Å². The topological polar surface area (TPSA) is 125 Å². The molecule has 0 atom stereocenters. The molecule has 33 heavy (non-hydrogen) atoms. The standard InChI is InChI=1S/C22H25N5O5S/c28-22-24-18-8-7-16(15-20(18)31-22)33(29,30)23-9-3-4-10-26-11-13-27(14-12-26)21-17-5-1-2-6-19(17)32-25-21/h1-2,5-8,15,23H,3-4,9-14H2,(H,24,28). The Bertz CT molecular complexity index is 1420.